The average molecular weight is 327 g/mol. The first-order valence-corrected chi connectivity index (χ1v) is 7.59. The number of carbonyl (C=O) groups excluding carboxylic acids is 1. The van der Waals surface area contributed by atoms with Crippen LogP contribution >= 0.6 is 15.9 Å². The summed E-state index contributed by atoms with van der Waals surface area (Å²) in [5, 5.41) is 10.2. The largest absolute Gasteiger partial charge is 0.386 e. The molecule has 0 bridgehead atoms. The lowest BCUT2D eigenvalue weighted by molar-refractivity contribution is -0.111. The summed E-state index contributed by atoms with van der Waals surface area (Å²) in [7, 11) is 0. The van der Waals surface area contributed by atoms with Crippen LogP contribution in [0.3, 0.4) is 0 Å². The third-order valence-electron chi connectivity index (χ3n) is 4.27. The highest BCUT2D eigenvalue weighted by atomic mass is 79.9. The van der Waals surface area contributed by atoms with Crippen LogP contribution in [0, 0.1) is 5.92 Å². The Morgan fingerprint density at radius 3 is 2.63 bits per heavy atom. The first-order chi connectivity index (χ1) is 8.90. The molecule has 104 valence electrons. The molecular formula is C14H19BrN2O2. The van der Waals surface area contributed by atoms with E-state index in [9.17, 15) is 9.90 Å². The lowest BCUT2D eigenvalue weighted by atomic mass is 9.83. The zero-order valence-electron chi connectivity index (χ0n) is 11.3. The minimum absolute atomic E-state index is 0.0305. The van der Waals surface area contributed by atoms with Crippen molar-refractivity contribution >= 4 is 21.8 Å². The molecule has 1 N–H and O–H groups in total. The molecule has 1 aromatic heterocycles. The molecule has 0 unspecified atom stereocenters. The molecule has 0 radical (unpaired) electrons. The van der Waals surface area contributed by atoms with Crippen molar-refractivity contribution in [3.05, 3.63) is 22.4 Å². The molecule has 0 spiro atoms. The fourth-order valence-electron chi connectivity index (χ4n) is 2.56. The van der Waals surface area contributed by atoms with Crippen LogP contribution in [0.4, 0.5) is 0 Å². The molecule has 1 saturated carbocycles. The summed E-state index contributed by atoms with van der Waals surface area (Å²) in [5.41, 5.74) is 0.0318. The number of β-amino-alcohol motifs (C(OH)–C–C–N with tert-alkyl or cyclic N) is 1. The fourth-order valence-corrected chi connectivity index (χ4v) is 2.99. The van der Waals surface area contributed by atoms with E-state index in [4.69, 9.17) is 0 Å². The zero-order valence-corrected chi connectivity index (χ0v) is 12.9. The molecule has 4 nitrogen and oxygen atoms in total. The molecule has 1 aromatic rings. The Kier molecular flexibility index (Phi) is 3.02. The van der Waals surface area contributed by atoms with Gasteiger partial charge in [0.2, 0.25) is 0 Å². The summed E-state index contributed by atoms with van der Waals surface area (Å²) in [6, 6.07) is 2.36. The van der Waals surface area contributed by atoms with Gasteiger partial charge in [-0.3, -0.25) is 4.79 Å². The molecule has 0 atom stereocenters. The van der Waals surface area contributed by atoms with Crippen molar-refractivity contribution in [2.75, 3.05) is 13.1 Å². The number of halogens is 1. The van der Waals surface area contributed by atoms with Gasteiger partial charge in [0.25, 0.3) is 5.91 Å². The van der Waals surface area contributed by atoms with Gasteiger partial charge < -0.3 is 14.6 Å². The van der Waals surface area contributed by atoms with Crippen LogP contribution in [0.2, 0.25) is 0 Å². The van der Waals surface area contributed by atoms with Gasteiger partial charge in [-0.1, -0.05) is 13.8 Å². The average Bonchev–Trinajstić information content (AvgIpc) is 3.07. The molecule has 1 amide bonds. The molecule has 2 heterocycles. The second-order valence-corrected chi connectivity index (χ2v) is 7.02. The Hall–Kier alpha value is -0.810. The minimum atomic E-state index is -0.704. The van der Waals surface area contributed by atoms with Crippen molar-refractivity contribution in [1.29, 1.82) is 0 Å². The van der Waals surface area contributed by atoms with E-state index in [1.807, 2.05) is 26.1 Å². The van der Waals surface area contributed by atoms with E-state index < -0.39 is 5.60 Å². The topological polar surface area (TPSA) is 45.5 Å². The highest BCUT2D eigenvalue weighted by Crippen LogP contribution is 2.38. The number of hydrogen-bond donors (Lipinski definition) is 1. The van der Waals surface area contributed by atoms with Crippen molar-refractivity contribution in [1.82, 2.24) is 9.47 Å². The summed E-state index contributed by atoms with van der Waals surface area (Å²) in [4.78, 5) is 14.2. The molecule has 1 aliphatic heterocycles. The number of aliphatic hydroxyl groups is 1. The van der Waals surface area contributed by atoms with E-state index in [-0.39, 0.29) is 11.8 Å². The Bertz CT molecular complexity index is 514. The van der Waals surface area contributed by atoms with Crippen LogP contribution in [-0.2, 0) is 0 Å². The van der Waals surface area contributed by atoms with Crippen LogP contribution in [0.15, 0.2) is 16.7 Å². The van der Waals surface area contributed by atoms with Gasteiger partial charge in [0.1, 0.15) is 11.3 Å². The van der Waals surface area contributed by atoms with E-state index in [0.29, 0.717) is 19.1 Å². The summed E-state index contributed by atoms with van der Waals surface area (Å²) < 4.78 is 3.02. The molecule has 5 heteroatoms. The molecule has 2 fully saturated rings. The molecular weight excluding hydrogens is 308 g/mol. The third kappa shape index (κ3) is 2.23. The summed E-state index contributed by atoms with van der Waals surface area (Å²) in [5.74, 6) is 0.210. The molecule has 0 aromatic carbocycles. The van der Waals surface area contributed by atoms with E-state index in [2.05, 4.69) is 20.5 Å². The van der Waals surface area contributed by atoms with Gasteiger partial charge in [0, 0.05) is 16.7 Å². The maximum Gasteiger partial charge on any atom is 0.270 e. The lowest BCUT2D eigenvalue weighted by Crippen LogP contribution is -2.66. The van der Waals surface area contributed by atoms with Crippen molar-refractivity contribution in [2.45, 2.75) is 38.3 Å². The quantitative estimate of drug-likeness (QED) is 0.927. The van der Waals surface area contributed by atoms with E-state index in [0.717, 1.165) is 23.0 Å². The molecule has 1 saturated heterocycles. The van der Waals surface area contributed by atoms with E-state index >= 15 is 0 Å². The number of amides is 1. The van der Waals surface area contributed by atoms with Gasteiger partial charge in [-0.2, -0.15) is 0 Å². The molecule has 3 rings (SSSR count). The van der Waals surface area contributed by atoms with Gasteiger partial charge in [-0.15, -0.1) is 0 Å². The number of rotatable bonds is 3. The first-order valence-electron chi connectivity index (χ1n) is 6.80. The van der Waals surface area contributed by atoms with Gasteiger partial charge in [0.05, 0.1) is 13.1 Å². The Morgan fingerprint density at radius 1 is 1.47 bits per heavy atom. The van der Waals surface area contributed by atoms with Crippen LogP contribution in [0.1, 0.15) is 43.2 Å². The highest BCUT2D eigenvalue weighted by Gasteiger charge is 2.46. The Labute approximate surface area is 121 Å². The number of hydrogen-bond acceptors (Lipinski definition) is 2. The number of likely N-dealkylation sites (tertiary alicyclic amines) is 1. The predicted octanol–water partition coefficient (Wildman–Crippen LogP) is 2.43. The lowest BCUT2D eigenvalue weighted by Gasteiger charge is -2.49. The van der Waals surface area contributed by atoms with Crippen molar-refractivity contribution in [3.63, 3.8) is 0 Å². The Morgan fingerprint density at radius 2 is 2.11 bits per heavy atom. The molecule has 1 aliphatic carbocycles. The number of aromatic nitrogens is 1. The summed E-state index contributed by atoms with van der Waals surface area (Å²) in [6.07, 6.45) is 4.29. The van der Waals surface area contributed by atoms with Gasteiger partial charge in [-0.25, -0.2) is 0 Å². The standard InChI is InChI=1S/C14H19BrN2O2/c1-9(2)14(19)7-16(8-14)13(18)12-5-10(15)6-17(12)11-3-4-11/h5-6,9,11,19H,3-4,7-8H2,1-2H3. The van der Waals surface area contributed by atoms with Crippen molar-refractivity contribution in [3.8, 4) is 0 Å². The fraction of sp³-hybridized carbons (Fsp3) is 0.643. The second kappa shape index (κ2) is 4.35. The Balaban J connectivity index is 1.75. The van der Waals surface area contributed by atoms with E-state index in [1.165, 1.54) is 0 Å². The smallest absolute Gasteiger partial charge is 0.270 e. The number of carbonyl (C=O) groups is 1. The maximum atomic E-state index is 12.5. The van der Waals surface area contributed by atoms with Gasteiger partial charge in [0.15, 0.2) is 0 Å². The van der Waals surface area contributed by atoms with Gasteiger partial charge >= 0.3 is 0 Å². The van der Waals surface area contributed by atoms with Crippen molar-refractivity contribution in [2.24, 2.45) is 5.92 Å². The van der Waals surface area contributed by atoms with Crippen molar-refractivity contribution < 1.29 is 9.90 Å². The highest BCUT2D eigenvalue weighted by molar-refractivity contribution is 9.10. The van der Waals surface area contributed by atoms with E-state index in [1.54, 1.807) is 4.90 Å². The van der Waals surface area contributed by atoms with Crippen LogP contribution in [-0.4, -0.2) is 39.2 Å². The predicted molar refractivity (Wildman–Crippen MR) is 76.1 cm³/mol. The monoisotopic (exact) mass is 326 g/mol. The minimum Gasteiger partial charge on any atom is -0.386 e. The normalized spacial score (nSPS) is 21.6. The van der Waals surface area contributed by atoms with Crippen LogP contribution in [0.25, 0.3) is 0 Å². The zero-order chi connectivity index (χ0) is 13.8. The summed E-state index contributed by atoms with van der Waals surface area (Å²) >= 11 is 3.44. The van der Waals surface area contributed by atoms with Crippen LogP contribution < -0.4 is 0 Å². The third-order valence-corrected chi connectivity index (χ3v) is 4.70. The van der Waals surface area contributed by atoms with Crippen LogP contribution in [0.5, 0.6) is 0 Å². The summed E-state index contributed by atoms with van der Waals surface area (Å²) in [6.45, 7) is 4.87. The molecule has 2 aliphatic rings. The molecule has 19 heavy (non-hydrogen) atoms. The maximum absolute atomic E-state index is 12.5. The second-order valence-electron chi connectivity index (χ2n) is 6.10. The number of nitrogens with zero attached hydrogens (tertiary/aromatic N) is 2. The first kappa shape index (κ1) is 13.2. The van der Waals surface area contributed by atoms with Gasteiger partial charge in [-0.05, 0) is 40.8 Å². The SMILES string of the molecule is CC(C)C1(O)CN(C(=O)c2cc(Br)cn2C2CC2)C1.